The summed E-state index contributed by atoms with van der Waals surface area (Å²) in [5.74, 6) is 1.58. The van der Waals surface area contributed by atoms with Crippen LogP contribution in [-0.2, 0) is 38.6 Å². The number of carbonyl (C=O) groups is 1. The Hall–Kier alpha value is -1.37. The van der Waals surface area contributed by atoms with Crippen molar-refractivity contribution in [3.05, 3.63) is 30.3 Å². The number of fused-ring (bicyclic) bond motifs is 2. The topological polar surface area (TPSA) is 107 Å². The molecule has 1 aromatic carbocycles. The highest BCUT2D eigenvalue weighted by molar-refractivity contribution is 7.99. The first-order valence-corrected chi connectivity index (χ1v) is 17.7. The second-order valence-corrected chi connectivity index (χ2v) is 15.5. The van der Waals surface area contributed by atoms with E-state index >= 15 is 0 Å². The zero-order valence-electron chi connectivity index (χ0n) is 24.3. The number of benzene rings is 1. The van der Waals surface area contributed by atoms with E-state index in [2.05, 4.69) is 13.8 Å². The van der Waals surface area contributed by atoms with Crippen LogP contribution >= 0.6 is 11.8 Å². The monoisotopic (exact) mass is 612 g/mol. The molecule has 2 bridgehead atoms. The molecule has 4 saturated heterocycles. The van der Waals surface area contributed by atoms with Crippen LogP contribution in [0.5, 0.6) is 0 Å². The Balaban J connectivity index is 0.973. The Bertz CT molecular complexity index is 1130. The molecule has 230 valence electrons. The zero-order chi connectivity index (χ0) is 29.1. The maximum Gasteiger partial charge on any atom is 0.508 e. The van der Waals surface area contributed by atoms with E-state index in [-0.39, 0.29) is 29.3 Å². The molecule has 9 nitrogen and oxygen atoms in total. The third-order valence-electron chi connectivity index (χ3n) is 9.31. The van der Waals surface area contributed by atoms with Crippen LogP contribution in [0.4, 0.5) is 4.79 Å². The molecule has 41 heavy (non-hydrogen) atoms. The van der Waals surface area contributed by atoms with Gasteiger partial charge in [0.15, 0.2) is 21.7 Å². The first kappa shape index (κ1) is 31.1. The number of carbonyl (C=O) groups excluding carboxylic acids is 1. The molecule has 5 fully saturated rings. The Morgan fingerprint density at radius 2 is 1.73 bits per heavy atom. The van der Waals surface area contributed by atoms with Gasteiger partial charge in [-0.25, -0.2) is 23.0 Å². The van der Waals surface area contributed by atoms with E-state index in [0.29, 0.717) is 23.7 Å². The van der Waals surface area contributed by atoms with Crippen LogP contribution in [0.15, 0.2) is 35.2 Å². The van der Waals surface area contributed by atoms with Crippen molar-refractivity contribution in [3.8, 4) is 0 Å². The first-order valence-electron chi connectivity index (χ1n) is 15.0. The highest BCUT2D eigenvalue weighted by Gasteiger charge is 2.69. The summed E-state index contributed by atoms with van der Waals surface area (Å²) in [4.78, 5) is 24.1. The lowest BCUT2D eigenvalue weighted by molar-refractivity contribution is -0.568. The van der Waals surface area contributed by atoms with Gasteiger partial charge in [0.05, 0.1) is 17.3 Å². The van der Waals surface area contributed by atoms with E-state index < -0.39 is 33.7 Å². The minimum Gasteiger partial charge on any atom is -0.434 e. The van der Waals surface area contributed by atoms with Crippen LogP contribution < -0.4 is 0 Å². The number of rotatable bonds is 12. The Morgan fingerprint density at radius 3 is 2.54 bits per heavy atom. The van der Waals surface area contributed by atoms with E-state index in [0.717, 1.165) is 50.7 Å². The van der Waals surface area contributed by atoms with E-state index in [1.807, 2.05) is 18.7 Å². The number of sulfone groups is 1. The quantitative estimate of drug-likeness (QED) is 0.156. The van der Waals surface area contributed by atoms with Crippen molar-refractivity contribution in [3.63, 3.8) is 0 Å². The number of ether oxygens (including phenoxy) is 4. The average Bonchev–Trinajstić information content (AvgIpc) is 3.18. The van der Waals surface area contributed by atoms with E-state index in [9.17, 15) is 13.2 Å². The van der Waals surface area contributed by atoms with Gasteiger partial charge in [0, 0.05) is 12.3 Å². The van der Waals surface area contributed by atoms with Crippen molar-refractivity contribution in [2.75, 3.05) is 24.7 Å². The molecule has 1 aromatic rings. The lowest BCUT2D eigenvalue weighted by atomic mass is 9.58. The molecule has 1 saturated carbocycles. The summed E-state index contributed by atoms with van der Waals surface area (Å²) >= 11 is 1.86. The molecule has 8 atom stereocenters. The van der Waals surface area contributed by atoms with Crippen LogP contribution in [0.3, 0.4) is 0 Å². The minimum atomic E-state index is -3.49. The van der Waals surface area contributed by atoms with Gasteiger partial charge >= 0.3 is 6.16 Å². The van der Waals surface area contributed by atoms with Crippen molar-refractivity contribution in [2.24, 2.45) is 23.7 Å². The Labute approximate surface area is 248 Å². The van der Waals surface area contributed by atoms with Gasteiger partial charge in [0.1, 0.15) is 12.0 Å². The third-order valence-corrected chi connectivity index (χ3v) is 12.4. The summed E-state index contributed by atoms with van der Waals surface area (Å²) in [6, 6.07) is 8.11. The van der Waals surface area contributed by atoms with Gasteiger partial charge in [-0.3, -0.25) is 0 Å². The summed E-state index contributed by atoms with van der Waals surface area (Å²) in [6.07, 6.45) is 6.65. The molecule has 11 heteroatoms. The van der Waals surface area contributed by atoms with E-state index in [1.54, 1.807) is 18.2 Å². The molecule has 0 N–H and O–H groups in total. The van der Waals surface area contributed by atoms with E-state index in [1.165, 1.54) is 18.6 Å². The fraction of sp³-hybridized carbons (Fsp3) is 0.767. The minimum absolute atomic E-state index is 0.0556. The van der Waals surface area contributed by atoms with Gasteiger partial charge in [0.2, 0.25) is 5.79 Å². The normalized spacial score (nSPS) is 36.3. The van der Waals surface area contributed by atoms with Gasteiger partial charge in [-0.1, -0.05) is 44.9 Å². The van der Waals surface area contributed by atoms with Gasteiger partial charge < -0.3 is 18.9 Å². The molecular formula is C30H44O9S2. The maximum absolute atomic E-state index is 12.2. The summed E-state index contributed by atoms with van der Waals surface area (Å²) in [6.45, 7) is 6.59. The molecule has 0 radical (unpaired) electrons. The first-order chi connectivity index (χ1) is 19.6. The standard InChI is InChI=1S/C30H44O9S2/c1-21-13-14-25-22(2)26(36-27-30(25)24(21)15-16-29(3,37-27)38-39-30)40-19-10-5-4-9-17-34-28(31)35-18-20-41(32,33)23-11-7-6-8-12-23/h6-8,11-12,21-22,24-27H,4-5,9-10,13-20H2,1-3H3/t21-,22-,24+,25+,26+,27-,29-,30-/m1/s1. The van der Waals surface area contributed by atoms with Gasteiger partial charge in [-0.2, -0.15) is 0 Å². The van der Waals surface area contributed by atoms with Crippen LogP contribution in [0.2, 0.25) is 0 Å². The fourth-order valence-electron chi connectivity index (χ4n) is 7.00. The predicted molar refractivity (Wildman–Crippen MR) is 154 cm³/mol. The highest BCUT2D eigenvalue weighted by Crippen LogP contribution is 2.61. The smallest absolute Gasteiger partial charge is 0.434 e. The van der Waals surface area contributed by atoms with Gasteiger partial charge in [0.25, 0.3) is 0 Å². The van der Waals surface area contributed by atoms with Gasteiger partial charge in [-0.05, 0) is 74.7 Å². The SMILES string of the molecule is C[C@H]1[C@H](SCCCCCCOC(=O)OCCS(=O)(=O)c2ccccc2)O[C@@H]2O[C@@]3(C)CC[C@H]4[C@H](C)CC[C@@H]1[C@@]24OO3. The van der Waals surface area contributed by atoms with Crippen LogP contribution in [-0.4, -0.2) is 62.4 Å². The molecule has 5 aliphatic rings. The summed E-state index contributed by atoms with van der Waals surface area (Å²) in [5.41, 5.74) is -0.457. The molecule has 0 aromatic heterocycles. The lowest BCUT2D eigenvalue weighted by Gasteiger charge is -2.60. The van der Waals surface area contributed by atoms with Crippen molar-refractivity contribution in [1.82, 2.24) is 0 Å². The van der Waals surface area contributed by atoms with Crippen LogP contribution in [0.25, 0.3) is 0 Å². The van der Waals surface area contributed by atoms with Crippen molar-refractivity contribution in [1.29, 1.82) is 0 Å². The second-order valence-electron chi connectivity index (χ2n) is 12.1. The largest absolute Gasteiger partial charge is 0.508 e. The number of unbranched alkanes of at least 4 members (excludes halogenated alkanes) is 3. The van der Waals surface area contributed by atoms with Crippen LogP contribution in [0, 0.1) is 23.7 Å². The van der Waals surface area contributed by atoms with Gasteiger partial charge in [-0.15, -0.1) is 11.8 Å². The number of thioether (sulfide) groups is 1. The Morgan fingerprint density at radius 1 is 0.976 bits per heavy atom. The summed E-state index contributed by atoms with van der Waals surface area (Å²) in [5, 5.41) is 0. The summed E-state index contributed by atoms with van der Waals surface area (Å²) in [7, 11) is -3.49. The second kappa shape index (κ2) is 13.1. The van der Waals surface area contributed by atoms with Crippen LogP contribution in [0.1, 0.15) is 72.1 Å². The average molecular weight is 613 g/mol. The maximum atomic E-state index is 12.2. The Kier molecular flexibility index (Phi) is 9.92. The molecule has 0 unspecified atom stereocenters. The molecule has 1 spiro atoms. The molecule has 0 amide bonds. The molecular weight excluding hydrogens is 568 g/mol. The summed E-state index contributed by atoms with van der Waals surface area (Å²) < 4.78 is 47.6. The predicted octanol–water partition coefficient (Wildman–Crippen LogP) is 6.12. The molecule has 6 rings (SSSR count). The van der Waals surface area contributed by atoms with Crippen molar-refractivity contribution in [2.45, 2.75) is 100 Å². The number of hydrogen-bond acceptors (Lipinski definition) is 10. The zero-order valence-corrected chi connectivity index (χ0v) is 26.0. The molecule has 4 heterocycles. The fourth-order valence-corrected chi connectivity index (χ4v) is 9.38. The van der Waals surface area contributed by atoms with E-state index in [4.69, 9.17) is 28.7 Å². The molecule has 4 aliphatic heterocycles. The van der Waals surface area contributed by atoms with Crippen molar-refractivity contribution < 1.29 is 41.9 Å². The lowest BCUT2D eigenvalue weighted by Crippen LogP contribution is -2.70. The third kappa shape index (κ3) is 6.75. The number of hydrogen-bond donors (Lipinski definition) is 0. The molecule has 1 aliphatic carbocycles. The highest BCUT2D eigenvalue weighted by atomic mass is 32.2. The van der Waals surface area contributed by atoms with Crippen molar-refractivity contribution >= 4 is 27.8 Å².